The van der Waals surface area contributed by atoms with Crippen LogP contribution in [0.25, 0.3) is 0 Å². The summed E-state index contributed by atoms with van der Waals surface area (Å²) in [5.74, 6) is -2.82. The molecular formula is C16H18N2O5. The molecule has 0 bridgehead atoms. The third-order valence-corrected chi connectivity index (χ3v) is 3.10. The van der Waals surface area contributed by atoms with E-state index < -0.39 is 17.7 Å². The number of rotatable bonds is 4. The van der Waals surface area contributed by atoms with E-state index in [9.17, 15) is 14.4 Å². The molecule has 1 saturated heterocycles. The summed E-state index contributed by atoms with van der Waals surface area (Å²) in [5, 5.41) is 5.38. The van der Waals surface area contributed by atoms with E-state index in [2.05, 4.69) is 10.6 Å². The molecule has 23 heavy (non-hydrogen) atoms. The SMILES string of the molecule is CNC(=O)Cc1ccc(NC=C2C(=O)OC(C)(C)OC2=O)cc1. The molecule has 0 aromatic heterocycles. The molecular weight excluding hydrogens is 300 g/mol. The van der Waals surface area contributed by atoms with Crippen molar-refractivity contribution in [3.63, 3.8) is 0 Å². The molecule has 1 fully saturated rings. The zero-order chi connectivity index (χ0) is 17.0. The monoisotopic (exact) mass is 318 g/mol. The van der Waals surface area contributed by atoms with Gasteiger partial charge in [0.2, 0.25) is 5.91 Å². The molecule has 1 heterocycles. The molecule has 1 aliphatic rings. The lowest BCUT2D eigenvalue weighted by molar-refractivity contribution is -0.222. The van der Waals surface area contributed by atoms with Crippen molar-refractivity contribution in [3.8, 4) is 0 Å². The molecule has 0 aliphatic carbocycles. The molecule has 1 aliphatic heterocycles. The molecule has 0 atom stereocenters. The minimum atomic E-state index is -1.26. The number of likely N-dealkylation sites (N-methyl/N-ethyl adjacent to an activating group) is 1. The molecule has 1 aromatic rings. The van der Waals surface area contributed by atoms with Crippen molar-refractivity contribution >= 4 is 23.5 Å². The van der Waals surface area contributed by atoms with Gasteiger partial charge < -0.3 is 20.1 Å². The second kappa shape index (κ2) is 6.51. The van der Waals surface area contributed by atoms with E-state index in [0.29, 0.717) is 5.69 Å². The van der Waals surface area contributed by atoms with Crippen LogP contribution in [0.2, 0.25) is 0 Å². The van der Waals surface area contributed by atoms with E-state index in [1.165, 1.54) is 20.0 Å². The van der Waals surface area contributed by atoms with Crippen LogP contribution in [0.3, 0.4) is 0 Å². The number of carbonyl (C=O) groups excluding carboxylic acids is 3. The normalized spacial score (nSPS) is 16.2. The Morgan fingerprint density at radius 1 is 1.13 bits per heavy atom. The smallest absolute Gasteiger partial charge is 0.350 e. The fraction of sp³-hybridized carbons (Fsp3) is 0.312. The minimum absolute atomic E-state index is 0.0804. The van der Waals surface area contributed by atoms with Crippen molar-refractivity contribution in [2.24, 2.45) is 0 Å². The second-order valence-corrected chi connectivity index (χ2v) is 5.43. The molecule has 0 spiro atoms. The highest BCUT2D eigenvalue weighted by molar-refractivity contribution is 6.15. The Morgan fingerprint density at radius 3 is 2.22 bits per heavy atom. The van der Waals surface area contributed by atoms with Gasteiger partial charge in [-0.2, -0.15) is 0 Å². The van der Waals surface area contributed by atoms with E-state index in [1.807, 2.05) is 0 Å². The zero-order valence-corrected chi connectivity index (χ0v) is 13.1. The maximum Gasteiger partial charge on any atom is 0.350 e. The van der Waals surface area contributed by atoms with E-state index in [1.54, 1.807) is 31.3 Å². The Morgan fingerprint density at radius 2 is 1.70 bits per heavy atom. The van der Waals surface area contributed by atoms with Gasteiger partial charge in [-0.05, 0) is 17.7 Å². The summed E-state index contributed by atoms with van der Waals surface area (Å²) in [7, 11) is 1.58. The van der Waals surface area contributed by atoms with Crippen molar-refractivity contribution in [3.05, 3.63) is 41.6 Å². The summed E-state index contributed by atoms with van der Waals surface area (Å²) >= 11 is 0. The number of carbonyl (C=O) groups is 3. The predicted molar refractivity (Wildman–Crippen MR) is 82.2 cm³/mol. The van der Waals surface area contributed by atoms with Crippen LogP contribution in [0, 0.1) is 0 Å². The Hall–Kier alpha value is -2.83. The van der Waals surface area contributed by atoms with Gasteiger partial charge in [-0.15, -0.1) is 0 Å². The van der Waals surface area contributed by atoms with Gasteiger partial charge in [0.05, 0.1) is 6.42 Å². The van der Waals surface area contributed by atoms with Crippen LogP contribution in [0.1, 0.15) is 19.4 Å². The first-order valence-corrected chi connectivity index (χ1v) is 7.03. The summed E-state index contributed by atoms with van der Waals surface area (Å²) in [5.41, 5.74) is 1.29. The lowest BCUT2D eigenvalue weighted by atomic mass is 10.1. The van der Waals surface area contributed by atoms with E-state index in [0.717, 1.165) is 5.56 Å². The zero-order valence-electron chi connectivity index (χ0n) is 13.1. The second-order valence-electron chi connectivity index (χ2n) is 5.43. The van der Waals surface area contributed by atoms with Crippen molar-refractivity contribution in [2.75, 3.05) is 12.4 Å². The highest BCUT2D eigenvalue weighted by Gasteiger charge is 2.38. The molecule has 122 valence electrons. The molecule has 1 amide bonds. The molecule has 2 rings (SSSR count). The van der Waals surface area contributed by atoms with Gasteiger partial charge in [0.1, 0.15) is 0 Å². The molecule has 7 heteroatoms. The van der Waals surface area contributed by atoms with E-state index in [4.69, 9.17) is 9.47 Å². The summed E-state index contributed by atoms with van der Waals surface area (Å²) < 4.78 is 9.97. The van der Waals surface area contributed by atoms with Gasteiger partial charge in [-0.1, -0.05) is 12.1 Å². The van der Waals surface area contributed by atoms with Crippen molar-refractivity contribution in [2.45, 2.75) is 26.1 Å². The summed E-state index contributed by atoms with van der Waals surface area (Å²) in [6.07, 6.45) is 1.53. The van der Waals surface area contributed by atoms with Crippen molar-refractivity contribution < 1.29 is 23.9 Å². The van der Waals surface area contributed by atoms with Crippen LogP contribution in [-0.4, -0.2) is 30.7 Å². The number of cyclic esters (lactones) is 2. The lowest BCUT2D eigenvalue weighted by Gasteiger charge is -2.29. The predicted octanol–water partition coefficient (Wildman–Crippen LogP) is 1.11. The van der Waals surface area contributed by atoms with Crippen molar-refractivity contribution in [1.29, 1.82) is 0 Å². The summed E-state index contributed by atoms with van der Waals surface area (Å²) in [6.45, 7) is 2.97. The maximum atomic E-state index is 11.8. The first-order valence-electron chi connectivity index (χ1n) is 7.03. The number of anilines is 1. The number of ether oxygens (including phenoxy) is 2. The Kier molecular flexibility index (Phi) is 4.68. The van der Waals surface area contributed by atoms with Crippen LogP contribution < -0.4 is 10.6 Å². The Labute approximate surface area is 133 Å². The topological polar surface area (TPSA) is 93.7 Å². The van der Waals surface area contributed by atoms with Crippen LogP contribution in [0.15, 0.2) is 36.0 Å². The van der Waals surface area contributed by atoms with Crippen molar-refractivity contribution in [1.82, 2.24) is 5.32 Å². The van der Waals surface area contributed by atoms with Gasteiger partial charge in [-0.3, -0.25) is 4.79 Å². The van der Waals surface area contributed by atoms with Crippen LogP contribution >= 0.6 is 0 Å². The van der Waals surface area contributed by atoms with Gasteiger partial charge in [0.15, 0.2) is 5.57 Å². The first kappa shape index (κ1) is 16.5. The van der Waals surface area contributed by atoms with Gasteiger partial charge in [-0.25, -0.2) is 9.59 Å². The van der Waals surface area contributed by atoms with E-state index in [-0.39, 0.29) is 17.9 Å². The average molecular weight is 318 g/mol. The minimum Gasteiger partial charge on any atom is -0.419 e. The van der Waals surface area contributed by atoms with Crippen LogP contribution in [-0.2, 0) is 30.3 Å². The Balaban J connectivity index is 2.04. The molecule has 1 aromatic carbocycles. The number of amides is 1. The number of hydrogen-bond donors (Lipinski definition) is 2. The van der Waals surface area contributed by atoms with Gasteiger partial charge in [0, 0.05) is 32.8 Å². The maximum absolute atomic E-state index is 11.8. The number of benzene rings is 1. The molecule has 7 nitrogen and oxygen atoms in total. The largest absolute Gasteiger partial charge is 0.419 e. The number of esters is 2. The Bertz CT molecular complexity index is 640. The fourth-order valence-corrected chi connectivity index (χ4v) is 1.93. The first-order chi connectivity index (χ1) is 10.8. The molecule has 0 saturated carbocycles. The summed E-state index contributed by atoms with van der Waals surface area (Å²) in [4.78, 5) is 34.8. The van der Waals surface area contributed by atoms with Crippen LogP contribution in [0.5, 0.6) is 0 Å². The van der Waals surface area contributed by atoms with Gasteiger partial charge in [0.25, 0.3) is 5.79 Å². The quantitative estimate of drug-likeness (QED) is 0.491. The number of hydrogen-bond acceptors (Lipinski definition) is 6. The van der Waals surface area contributed by atoms with E-state index >= 15 is 0 Å². The highest BCUT2D eigenvalue weighted by Crippen LogP contribution is 2.22. The van der Waals surface area contributed by atoms with Gasteiger partial charge >= 0.3 is 11.9 Å². The molecule has 0 unspecified atom stereocenters. The molecule has 0 radical (unpaired) electrons. The standard InChI is InChI=1S/C16H18N2O5/c1-16(2)22-14(20)12(15(21)23-16)9-18-11-6-4-10(5-7-11)8-13(19)17-3/h4-7,9,18H,8H2,1-3H3,(H,17,19). The van der Waals surface area contributed by atoms with Crippen LogP contribution in [0.4, 0.5) is 5.69 Å². The lowest BCUT2D eigenvalue weighted by Crippen LogP contribution is -2.42. The number of nitrogens with one attached hydrogen (secondary N) is 2. The third kappa shape index (κ3) is 4.32. The summed E-state index contributed by atoms with van der Waals surface area (Å²) in [6, 6.07) is 7.02. The average Bonchev–Trinajstić information content (AvgIpc) is 2.46. The fourth-order valence-electron chi connectivity index (χ4n) is 1.93. The highest BCUT2D eigenvalue weighted by atomic mass is 16.7. The molecule has 2 N–H and O–H groups in total. The third-order valence-electron chi connectivity index (χ3n) is 3.10.